The molecular weight excluding hydrogens is 321 g/mol. The van der Waals surface area contributed by atoms with Gasteiger partial charge in [0.2, 0.25) is 10.0 Å². The summed E-state index contributed by atoms with van der Waals surface area (Å²) in [6.45, 7) is 0.861. The van der Waals surface area contributed by atoms with Gasteiger partial charge in [-0.25, -0.2) is 17.9 Å². The van der Waals surface area contributed by atoms with Gasteiger partial charge in [-0.2, -0.15) is 0 Å². The highest BCUT2D eigenvalue weighted by atomic mass is 32.2. The monoisotopic (exact) mass is 339 g/mol. The lowest BCUT2D eigenvalue weighted by Gasteiger charge is -2.16. The first-order chi connectivity index (χ1) is 10.7. The van der Waals surface area contributed by atoms with Crippen LogP contribution in [0.25, 0.3) is 10.9 Å². The lowest BCUT2D eigenvalue weighted by atomic mass is 10.2. The molecule has 1 aromatic carbocycles. The summed E-state index contributed by atoms with van der Waals surface area (Å²) in [6, 6.07) is 6.04. The molecule has 1 saturated heterocycles. The summed E-state index contributed by atoms with van der Waals surface area (Å²) in [7, 11) is -1.78. The van der Waals surface area contributed by atoms with Gasteiger partial charge in [-0.3, -0.25) is 4.79 Å². The fourth-order valence-corrected chi connectivity index (χ4v) is 4.10. The number of sulfonamides is 1. The van der Waals surface area contributed by atoms with Crippen molar-refractivity contribution in [1.82, 2.24) is 9.47 Å². The third kappa shape index (κ3) is 3.23. The van der Waals surface area contributed by atoms with Crippen LogP contribution in [-0.2, 0) is 17.1 Å². The number of amides is 1. The van der Waals surface area contributed by atoms with Crippen LogP contribution in [0.3, 0.4) is 0 Å². The number of aromatic nitrogens is 1. The molecule has 0 bridgehead atoms. The highest BCUT2D eigenvalue weighted by Gasteiger charge is 2.30. The van der Waals surface area contributed by atoms with Gasteiger partial charge in [-0.15, -0.1) is 0 Å². The van der Waals surface area contributed by atoms with Crippen LogP contribution >= 0.6 is 0 Å². The molecule has 1 fully saturated rings. The van der Waals surface area contributed by atoms with Crippen LogP contribution in [0.5, 0.6) is 0 Å². The minimum atomic E-state index is -3.54. The van der Waals surface area contributed by atoms with E-state index in [1.165, 1.54) is 12.1 Å². The van der Waals surface area contributed by atoms with Crippen molar-refractivity contribution >= 4 is 26.8 Å². The Hall–Kier alpha value is -1.93. The Morgan fingerprint density at radius 1 is 1.39 bits per heavy atom. The van der Waals surface area contributed by atoms with E-state index in [1.807, 2.05) is 0 Å². The fraction of sp³-hybridized carbons (Fsp3) is 0.400. The Labute approximate surface area is 133 Å². The van der Waals surface area contributed by atoms with Crippen LogP contribution in [0.1, 0.15) is 16.9 Å². The number of nitrogens with zero attached hydrogens (tertiary/aromatic N) is 2. The number of aryl methyl sites for hydroxylation is 1. The van der Waals surface area contributed by atoms with Crippen molar-refractivity contribution in [3.8, 4) is 0 Å². The molecule has 2 N–H and O–H groups in total. The molecule has 124 valence electrons. The van der Waals surface area contributed by atoms with E-state index in [0.717, 1.165) is 5.52 Å². The molecular formula is C15H18FN3O3S. The molecule has 23 heavy (non-hydrogen) atoms. The average Bonchev–Trinajstić information content (AvgIpc) is 3.01. The molecule has 1 aliphatic rings. The van der Waals surface area contributed by atoms with Crippen LogP contribution in [0, 0.1) is 11.7 Å². The number of hydrogen-bond acceptors (Lipinski definition) is 3. The summed E-state index contributed by atoms with van der Waals surface area (Å²) in [4.78, 5) is 14.3. The number of carbonyl (C=O) groups excluding carboxylic acids is 1. The van der Waals surface area contributed by atoms with Gasteiger partial charge < -0.3 is 9.47 Å². The van der Waals surface area contributed by atoms with Gasteiger partial charge in [0.25, 0.3) is 5.91 Å². The van der Waals surface area contributed by atoms with Crippen molar-refractivity contribution in [3.63, 3.8) is 0 Å². The van der Waals surface area contributed by atoms with E-state index in [0.29, 0.717) is 30.6 Å². The van der Waals surface area contributed by atoms with Gasteiger partial charge in [-0.1, -0.05) is 0 Å². The summed E-state index contributed by atoms with van der Waals surface area (Å²) in [6.07, 6.45) is 0.612. The molecule has 1 aliphatic heterocycles. The lowest BCUT2D eigenvalue weighted by molar-refractivity contribution is 0.0779. The number of halogens is 1. The summed E-state index contributed by atoms with van der Waals surface area (Å²) >= 11 is 0. The average molecular weight is 339 g/mol. The molecule has 0 unspecified atom stereocenters. The Kier molecular flexibility index (Phi) is 3.89. The van der Waals surface area contributed by atoms with E-state index >= 15 is 0 Å². The topological polar surface area (TPSA) is 85.4 Å². The van der Waals surface area contributed by atoms with Crippen LogP contribution in [0.4, 0.5) is 4.39 Å². The molecule has 1 aromatic heterocycles. The molecule has 2 aromatic rings. The zero-order valence-corrected chi connectivity index (χ0v) is 13.5. The standard InChI is InChI=1S/C15H18FN3O3S/c1-18-13-3-2-12(16)6-11(13)7-14(18)15(20)19-5-4-10(8-19)9-23(17,21)22/h2-3,6-7,10H,4-5,8-9H2,1H3,(H2,17,21,22)/t10-/m1/s1. The molecule has 1 amide bonds. The van der Waals surface area contributed by atoms with E-state index in [-0.39, 0.29) is 23.4 Å². The van der Waals surface area contributed by atoms with Gasteiger partial charge in [-0.05, 0) is 36.6 Å². The number of fused-ring (bicyclic) bond motifs is 1. The number of likely N-dealkylation sites (tertiary alicyclic amines) is 1. The Morgan fingerprint density at radius 3 is 2.83 bits per heavy atom. The van der Waals surface area contributed by atoms with Gasteiger partial charge in [0, 0.05) is 31.0 Å². The van der Waals surface area contributed by atoms with E-state index < -0.39 is 10.0 Å². The fourth-order valence-electron chi connectivity index (χ4n) is 3.17. The minimum Gasteiger partial charge on any atom is -0.340 e. The van der Waals surface area contributed by atoms with Crippen molar-refractivity contribution in [1.29, 1.82) is 0 Å². The van der Waals surface area contributed by atoms with E-state index in [4.69, 9.17) is 5.14 Å². The molecule has 3 rings (SSSR count). The molecule has 0 spiro atoms. The maximum Gasteiger partial charge on any atom is 0.270 e. The summed E-state index contributed by atoms with van der Waals surface area (Å²) in [5, 5.41) is 5.73. The lowest BCUT2D eigenvalue weighted by Crippen LogP contribution is -2.31. The number of benzene rings is 1. The largest absolute Gasteiger partial charge is 0.340 e. The second-order valence-corrected chi connectivity index (χ2v) is 7.69. The minimum absolute atomic E-state index is 0.114. The first-order valence-electron chi connectivity index (χ1n) is 7.29. The highest BCUT2D eigenvalue weighted by Crippen LogP contribution is 2.24. The SMILES string of the molecule is Cn1c(C(=O)N2CC[C@@H](CS(N)(=O)=O)C2)cc2cc(F)ccc21. The first-order valence-corrected chi connectivity index (χ1v) is 9.01. The zero-order valence-electron chi connectivity index (χ0n) is 12.7. The third-order valence-corrected chi connectivity index (χ3v) is 5.20. The zero-order chi connectivity index (χ0) is 16.8. The number of hydrogen-bond donors (Lipinski definition) is 1. The number of primary sulfonamides is 1. The van der Waals surface area contributed by atoms with E-state index in [9.17, 15) is 17.6 Å². The molecule has 6 nitrogen and oxygen atoms in total. The second kappa shape index (κ2) is 5.61. The Balaban J connectivity index is 1.83. The van der Waals surface area contributed by atoms with E-state index in [2.05, 4.69) is 0 Å². The van der Waals surface area contributed by atoms with Crippen LogP contribution in [0.15, 0.2) is 24.3 Å². The van der Waals surface area contributed by atoms with Crippen molar-refractivity contribution in [2.24, 2.45) is 18.1 Å². The predicted octanol–water partition coefficient (Wildman–Crippen LogP) is 1.07. The van der Waals surface area contributed by atoms with Gasteiger partial charge in [0.05, 0.1) is 5.75 Å². The van der Waals surface area contributed by atoms with Gasteiger partial charge >= 0.3 is 0 Å². The van der Waals surface area contributed by atoms with Gasteiger partial charge in [0.1, 0.15) is 11.5 Å². The maximum absolute atomic E-state index is 13.3. The van der Waals surface area contributed by atoms with Crippen LogP contribution < -0.4 is 5.14 Å². The van der Waals surface area contributed by atoms with Crippen LogP contribution in [0.2, 0.25) is 0 Å². The van der Waals surface area contributed by atoms with Crippen molar-refractivity contribution in [2.45, 2.75) is 6.42 Å². The maximum atomic E-state index is 13.3. The van der Waals surface area contributed by atoms with Crippen LogP contribution in [-0.4, -0.2) is 42.6 Å². The molecule has 0 aliphatic carbocycles. The van der Waals surface area contributed by atoms with Crippen molar-refractivity contribution in [3.05, 3.63) is 35.8 Å². The van der Waals surface area contributed by atoms with Gasteiger partial charge in [0.15, 0.2) is 0 Å². The van der Waals surface area contributed by atoms with E-state index in [1.54, 1.807) is 28.6 Å². The molecule has 8 heteroatoms. The first kappa shape index (κ1) is 15.9. The van der Waals surface area contributed by atoms with Crippen molar-refractivity contribution < 1.29 is 17.6 Å². The quantitative estimate of drug-likeness (QED) is 0.907. The Bertz CT molecular complexity index is 875. The summed E-state index contributed by atoms with van der Waals surface area (Å²) in [5.41, 5.74) is 1.23. The summed E-state index contributed by atoms with van der Waals surface area (Å²) in [5.74, 6) is -0.782. The van der Waals surface area contributed by atoms with Crippen molar-refractivity contribution in [2.75, 3.05) is 18.8 Å². The highest BCUT2D eigenvalue weighted by molar-refractivity contribution is 7.89. The normalized spacial score (nSPS) is 18.7. The number of carbonyl (C=O) groups is 1. The predicted molar refractivity (Wildman–Crippen MR) is 84.9 cm³/mol. The molecule has 2 heterocycles. The summed E-state index contributed by atoms with van der Waals surface area (Å²) < 4.78 is 37.4. The number of nitrogens with two attached hydrogens (primary N) is 1. The second-order valence-electron chi connectivity index (χ2n) is 6.03. The number of rotatable bonds is 3. The molecule has 0 saturated carbocycles. The molecule has 1 atom stereocenters. The Morgan fingerprint density at radius 2 is 2.13 bits per heavy atom. The smallest absolute Gasteiger partial charge is 0.270 e. The molecule has 0 radical (unpaired) electrons. The third-order valence-electron chi connectivity index (χ3n) is 4.26.